The third-order valence-corrected chi connectivity index (χ3v) is 4.32. The lowest BCUT2D eigenvalue weighted by Crippen LogP contribution is -1.97. The Hall–Kier alpha value is -0.990. The van der Waals surface area contributed by atoms with Gasteiger partial charge in [-0.1, -0.05) is 59.6 Å². The van der Waals surface area contributed by atoms with E-state index in [1.54, 1.807) is 0 Å². The SMILES string of the molecule is CCC(C)c1ccc(OCc2ccc(Br)cc2Cl)cc1. The highest BCUT2D eigenvalue weighted by Gasteiger charge is 2.04. The minimum Gasteiger partial charge on any atom is -0.489 e. The first kappa shape index (κ1) is 15.4. The summed E-state index contributed by atoms with van der Waals surface area (Å²) in [6.45, 7) is 4.91. The summed E-state index contributed by atoms with van der Waals surface area (Å²) >= 11 is 9.57. The van der Waals surface area contributed by atoms with Gasteiger partial charge in [-0.05, 0) is 42.2 Å². The molecule has 2 aromatic carbocycles. The van der Waals surface area contributed by atoms with Gasteiger partial charge < -0.3 is 4.74 Å². The van der Waals surface area contributed by atoms with E-state index in [4.69, 9.17) is 16.3 Å². The molecule has 0 aliphatic heterocycles. The van der Waals surface area contributed by atoms with Crippen LogP contribution in [0.15, 0.2) is 46.9 Å². The molecule has 106 valence electrons. The van der Waals surface area contributed by atoms with E-state index in [0.717, 1.165) is 27.2 Å². The second-order valence-electron chi connectivity index (χ2n) is 4.90. The molecule has 20 heavy (non-hydrogen) atoms. The van der Waals surface area contributed by atoms with Gasteiger partial charge in [0.15, 0.2) is 0 Å². The zero-order valence-corrected chi connectivity index (χ0v) is 14.0. The maximum absolute atomic E-state index is 6.17. The van der Waals surface area contributed by atoms with Gasteiger partial charge in [0, 0.05) is 15.1 Å². The van der Waals surface area contributed by atoms with Crippen LogP contribution >= 0.6 is 27.5 Å². The third-order valence-electron chi connectivity index (χ3n) is 3.47. The number of hydrogen-bond acceptors (Lipinski definition) is 1. The molecule has 0 saturated heterocycles. The summed E-state index contributed by atoms with van der Waals surface area (Å²) in [4.78, 5) is 0. The van der Waals surface area contributed by atoms with Gasteiger partial charge in [0.2, 0.25) is 0 Å². The Morgan fingerprint density at radius 1 is 1.15 bits per heavy atom. The highest BCUT2D eigenvalue weighted by Crippen LogP contribution is 2.24. The lowest BCUT2D eigenvalue weighted by molar-refractivity contribution is 0.306. The molecule has 0 radical (unpaired) electrons. The average molecular weight is 354 g/mol. The standard InChI is InChI=1S/C17H18BrClO/c1-3-12(2)13-5-8-16(9-6-13)20-11-14-4-7-15(18)10-17(14)19/h4-10,12H,3,11H2,1-2H3. The molecule has 1 nitrogen and oxygen atoms in total. The summed E-state index contributed by atoms with van der Waals surface area (Å²) in [5, 5.41) is 0.718. The minimum atomic E-state index is 0.481. The number of ether oxygens (including phenoxy) is 1. The van der Waals surface area contributed by atoms with Crippen LogP contribution < -0.4 is 4.74 Å². The summed E-state index contributed by atoms with van der Waals surface area (Å²) in [7, 11) is 0. The quantitative estimate of drug-likeness (QED) is 0.622. The number of halogens is 2. The molecule has 2 aromatic rings. The van der Waals surface area contributed by atoms with Crippen molar-refractivity contribution < 1.29 is 4.74 Å². The molecular weight excluding hydrogens is 336 g/mol. The lowest BCUT2D eigenvalue weighted by Gasteiger charge is -2.11. The molecule has 0 spiro atoms. The Balaban J connectivity index is 2.00. The van der Waals surface area contributed by atoms with Crippen LogP contribution in [-0.4, -0.2) is 0 Å². The van der Waals surface area contributed by atoms with E-state index in [1.807, 2.05) is 30.3 Å². The number of rotatable bonds is 5. The van der Waals surface area contributed by atoms with Crippen molar-refractivity contribution >= 4 is 27.5 Å². The van der Waals surface area contributed by atoms with Gasteiger partial charge in [-0.3, -0.25) is 0 Å². The Morgan fingerprint density at radius 3 is 2.45 bits per heavy atom. The highest BCUT2D eigenvalue weighted by atomic mass is 79.9. The second-order valence-corrected chi connectivity index (χ2v) is 6.23. The predicted octanol–water partition coefficient (Wildman–Crippen LogP) is 6.20. The van der Waals surface area contributed by atoms with Gasteiger partial charge in [-0.15, -0.1) is 0 Å². The molecule has 0 fully saturated rings. The normalized spacial score (nSPS) is 12.2. The molecule has 0 saturated carbocycles. The van der Waals surface area contributed by atoms with Crippen molar-refractivity contribution in [3.05, 3.63) is 63.1 Å². The zero-order chi connectivity index (χ0) is 14.5. The van der Waals surface area contributed by atoms with Gasteiger partial charge >= 0.3 is 0 Å². The van der Waals surface area contributed by atoms with Gasteiger partial charge in [-0.2, -0.15) is 0 Å². The first-order chi connectivity index (χ1) is 9.60. The summed E-state index contributed by atoms with van der Waals surface area (Å²) in [5.74, 6) is 1.46. The molecule has 0 amide bonds. The Bertz CT molecular complexity index is 566. The largest absolute Gasteiger partial charge is 0.489 e. The Labute approximate surface area is 134 Å². The van der Waals surface area contributed by atoms with Crippen molar-refractivity contribution in [2.24, 2.45) is 0 Å². The number of benzene rings is 2. The summed E-state index contributed by atoms with van der Waals surface area (Å²) in [6, 6.07) is 14.1. The van der Waals surface area contributed by atoms with E-state index in [2.05, 4.69) is 41.9 Å². The smallest absolute Gasteiger partial charge is 0.119 e. The molecule has 0 heterocycles. The molecule has 2 rings (SSSR count). The Morgan fingerprint density at radius 2 is 1.85 bits per heavy atom. The molecule has 0 aliphatic carbocycles. The van der Waals surface area contributed by atoms with Crippen LogP contribution in [0, 0.1) is 0 Å². The molecule has 3 heteroatoms. The van der Waals surface area contributed by atoms with E-state index in [0.29, 0.717) is 12.5 Å². The predicted molar refractivity (Wildman–Crippen MR) is 88.6 cm³/mol. The summed E-state index contributed by atoms with van der Waals surface area (Å²) < 4.78 is 6.76. The van der Waals surface area contributed by atoms with Gasteiger partial charge in [-0.25, -0.2) is 0 Å². The van der Waals surface area contributed by atoms with Crippen LogP contribution in [0.5, 0.6) is 5.75 Å². The number of hydrogen-bond donors (Lipinski definition) is 0. The monoisotopic (exact) mass is 352 g/mol. The topological polar surface area (TPSA) is 9.23 Å². The van der Waals surface area contributed by atoms with Crippen LogP contribution in [0.1, 0.15) is 37.3 Å². The van der Waals surface area contributed by atoms with Gasteiger partial charge in [0.25, 0.3) is 0 Å². The van der Waals surface area contributed by atoms with Crippen LogP contribution in [0.25, 0.3) is 0 Å². The molecule has 1 unspecified atom stereocenters. The molecule has 0 bridgehead atoms. The molecule has 0 aliphatic rings. The summed E-state index contributed by atoms with van der Waals surface area (Å²) in [6.07, 6.45) is 1.15. The molecular formula is C17H18BrClO. The molecule has 0 aromatic heterocycles. The van der Waals surface area contributed by atoms with Crippen LogP contribution in [0.2, 0.25) is 5.02 Å². The highest BCUT2D eigenvalue weighted by molar-refractivity contribution is 9.10. The first-order valence-electron chi connectivity index (χ1n) is 6.77. The summed E-state index contributed by atoms with van der Waals surface area (Å²) in [5.41, 5.74) is 2.34. The average Bonchev–Trinajstić information content (AvgIpc) is 2.46. The van der Waals surface area contributed by atoms with E-state index >= 15 is 0 Å². The fourth-order valence-corrected chi connectivity index (χ4v) is 2.66. The van der Waals surface area contributed by atoms with Crippen LogP contribution in [-0.2, 0) is 6.61 Å². The first-order valence-corrected chi connectivity index (χ1v) is 7.94. The Kier molecular flexibility index (Phi) is 5.50. The van der Waals surface area contributed by atoms with Crippen LogP contribution in [0.3, 0.4) is 0 Å². The van der Waals surface area contributed by atoms with Crippen molar-refractivity contribution in [3.63, 3.8) is 0 Å². The van der Waals surface area contributed by atoms with Gasteiger partial charge in [0.1, 0.15) is 12.4 Å². The van der Waals surface area contributed by atoms with E-state index in [9.17, 15) is 0 Å². The molecule has 1 atom stereocenters. The van der Waals surface area contributed by atoms with E-state index in [-0.39, 0.29) is 0 Å². The van der Waals surface area contributed by atoms with Crippen molar-refractivity contribution in [3.8, 4) is 5.75 Å². The third kappa shape index (κ3) is 4.00. The van der Waals surface area contributed by atoms with Crippen molar-refractivity contribution in [2.75, 3.05) is 0 Å². The zero-order valence-electron chi connectivity index (χ0n) is 11.7. The second kappa shape index (κ2) is 7.14. The van der Waals surface area contributed by atoms with Crippen molar-refractivity contribution in [1.29, 1.82) is 0 Å². The van der Waals surface area contributed by atoms with E-state index < -0.39 is 0 Å². The fourth-order valence-electron chi connectivity index (χ4n) is 1.93. The lowest BCUT2D eigenvalue weighted by atomic mass is 9.99. The maximum Gasteiger partial charge on any atom is 0.119 e. The van der Waals surface area contributed by atoms with E-state index in [1.165, 1.54) is 5.56 Å². The van der Waals surface area contributed by atoms with Gasteiger partial charge in [0.05, 0.1) is 0 Å². The van der Waals surface area contributed by atoms with Crippen LogP contribution in [0.4, 0.5) is 0 Å². The minimum absolute atomic E-state index is 0.481. The maximum atomic E-state index is 6.17. The van der Waals surface area contributed by atoms with Crippen molar-refractivity contribution in [1.82, 2.24) is 0 Å². The van der Waals surface area contributed by atoms with Crippen molar-refractivity contribution in [2.45, 2.75) is 32.8 Å². The fraction of sp³-hybridized carbons (Fsp3) is 0.294. The molecule has 0 N–H and O–H groups in total.